The summed E-state index contributed by atoms with van der Waals surface area (Å²) in [4.78, 5) is 4.20. The molecule has 0 amide bonds. The summed E-state index contributed by atoms with van der Waals surface area (Å²) < 4.78 is 33.3. The van der Waals surface area contributed by atoms with Gasteiger partial charge in [-0.05, 0) is 19.8 Å². The molecule has 0 aliphatic carbocycles. The zero-order valence-electron chi connectivity index (χ0n) is 11.5. The Kier molecular flexibility index (Phi) is 4.22. The molecule has 19 heavy (non-hydrogen) atoms. The fourth-order valence-electron chi connectivity index (χ4n) is 1.93. The van der Waals surface area contributed by atoms with Crippen molar-refractivity contribution in [3.8, 4) is 0 Å². The lowest BCUT2D eigenvalue weighted by Gasteiger charge is -2.18. The third-order valence-corrected chi connectivity index (χ3v) is 4.77. The molecule has 0 aromatic carbocycles. The van der Waals surface area contributed by atoms with Crippen molar-refractivity contribution in [2.75, 3.05) is 13.1 Å². The van der Waals surface area contributed by atoms with Gasteiger partial charge in [0.25, 0.3) is 10.2 Å². The van der Waals surface area contributed by atoms with Crippen LogP contribution in [0.1, 0.15) is 57.3 Å². The maximum Gasteiger partial charge on any atom is 0.280 e. The average molecular weight is 288 g/mol. The lowest BCUT2D eigenvalue weighted by molar-refractivity contribution is 0.344. The van der Waals surface area contributed by atoms with E-state index >= 15 is 0 Å². The highest BCUT2D eigenvalue weighted by Gasteiger charge is 2.28. The molecular weight excluding hydrogens is 268 g/mol. The van der Waals surface area contributed by atoms with Crippen molar-refractivity contribution in [1.82, 2.24) is 19.2 Å². The van der Waals surface area contributed by atoms with Gasteiger partial charge in [-0.1, -0.05) is 19.0 Å². The fraction of sp³-hybridized carbons (Fsp3) is 0.818. The van der Waals surface area contributed by atoms with E-state index in [-0.39, 0.29) is 5.92 Å². The highest BCUT2D eigenvalue weighted by Crippen LogP contribution is 2.18. The van der Waals surface area contributed by atoms with Crippen LogP contribution in [-0.4, -0.2) is 36.0 Å². The van der Waals surface area contributed by atoms with Crippen LogP contribution in [0.25, 0.3) is 0 Å². The maximum atomic E-state index is 12.1. The first kappa shape index (κ1) is 14.4. The molecule has 0 radical (unpaired) electrons. The van der Waals surface area contributed by atoms with E-state index in [1.807, 2.05) is 13.8 Å². The number of aromatic nitrogens is 2. The molecule has 108 valence electrons. The normalized spacial score (nSPS) is 19.2. The number of nitrogens with zero attached hydrogens (tertiary/aromatic N) is 3. The predicted octanol–water partition coefficient (Wildman–Crippen LogP) is 1.18. The molecule has 0 spiro atoms. The highest BCUT2D eigenvalue weighted by molar-refractivity contribution is 7.87. The second-order valence-corrected chi connectivity index (χ2v) is 6.80. The maximum absolute atomic E-state index is 12.1. The number of hydrogen-bond acceptors (Lipinski definition) is 5. The van der Waals surface area contributed by atoms with Gasteiger partial charge in [0.05, 0.1) is 6.04 Å². The van der Waals surface area contributed by atoms with Gasteiger partial charge in [0, 0.05) is 19.0 Å². The Labute approximate surface area is 113 Å². The van der Waals surface area contributed by atoms with Crippen LogP contribution in [-0.2, 0) is 10.2 Å². The summed E-state index contributed by atoms with van der Waals surface area (Å²) in [6.07, 6.45) is 1.82. The van der Waals surface area contributed by atoms with Crippen molar-refractivity contribution < 1.29 is 12.9 Å². The lowest BCUT2D eigenvalue weighted by atomic mass is 10.2. The van der Waals surface area contributed by atoms with Crippen molar-refractivity contribution in [3.05, 3.63) is 11.7 Å². The SMILES string of the molecule is CC(C)c1noc([C@H](C)NS(=O)(=O)N2CCCC2)n1. The van der Waals surface area contributed by atoms with Crippen molar-refractivity contribution in [2.45, 2.75) is 45.6 Å². The van der Waals surface area contributed by atoms with Crippen LogP contribution in [0.15, 0.2) is 4.52 Å². The topological polar surface area (TPSA) is 88.3 Å². The van der Waals surface area contributed by atoms with Crippen molar-refractivity contribution in [1.29, 1.82) is 0 Å². The van der Waals surface area contributed by atoms with Gasteiger partial charge >= 0.3 is 0 Å². The van der Waals surface area contributed by atoms with Gasteiger partial charge in [0.15, 0.2) is 5.82 Å². The van der Waals surface area contributed by atoms with Gasteiger partial charge in [-0.3, -0.25) is 0 Å². The summed E-state index contributed by atoms with van der Waals surface area (Å²) in [6.45, 7) is 6.75. The largest absolute Gasteiger partial charge is 0.338 e. The molecule has 1 aliphatic heterocycles. The number of hydrogen-bond donors (Lipinski definition) is 1. The average Bonchev–Trinajstić information content (AvgIpc) is 3.00. The molecule has 2 heterocycles. The minimum atomic E-state index is -3.46. The first-order chi connectivity index (χ1) is 8.90. The molecule has 2 rings (SSSR count). The molecule has 1 atom stereocenters. The van der Waals surface area contributed by atoms with Crippen LogP contribution < -0.4 is 4.72 Å². The molecule has 1 aliphatic rings. The van der Waals surface area contributed by atoms with Gasteiger partial charge in [-0.25, -0.2) is 0 Å². The Bertz CT molecular complexity index is 520. The van der Waals surface area contributed by atoms with Crippen LogP contribution in [0.4, 0.5) is 0 Å². The first-order valence-electron chi connectivity index (χ1n) is 6.51. The van der Waals surface area contributed by atoms with Crippen molar-refractivity contribution in [3.63, 3.8) is 0 Å². The molecule has 7 nitrogen and oxygen atoms in total. The van der Waals surface area contributed by atoms with E-state index in [2.05, 4.69) is 14.9 Å². The minimum absolute atomic E-state index is 0.153. The summed E-state index contributed by atoms with van der Waals surface area (Å²) in [7, 11) is -3.46. The summed E-state index contributed by atoms with van der Waals surface area (Å²) in [5.41, 5.74) is 0. The minimum Gasteiger partial charge on any atom is -0.338 e. The van der Waals surface area contributed by atoms with Crippen LogP contribution in [0.5, 0.6) is 0 Å². The molecule has 1 N–H and O–H groups in total. The van der Waals surface area contributed by atoms with E-state index in [9.17, 15) is 8.42 Å². The van der Waals surface area contributed by atoms with Crippen LogP contribution in [0, 0.1) is 0 Å². The van der Waals surface area contributed by atoms with Gasteiger partial charge in [0.2, 0.25) is 5.89 Å². The Morgan fingerprint density at radius 1 is 1.26 bits per heavy atom. The predicted molar refractivity (Wildman–Crippen MR) is 69.7 cm³/mol. The van der Waals surface area contributed by atoms with Crippen LogP contribution in [0.3, 0.4) is 0 Å². The van der Waals surface area contributed by atoms with E-state index in [1.54, 1.807) is 6.92 Å². The van der Waals surface area contributed by atoms with E-state index in [0.29, 0.717) is 24.8 Å². The molecule has 1 fully saturated rings. The van der Waals surface area contributed by atoms with Gasteiger partial charge < -0.3 is 4.52 Å². The molecule has 0 saturated carbocycles. The third kappa shape index (κ3) is 3.31. The molecule has 0 unspecified atom stereocenters. The first-order valence-corrected chi connectivity index (χ1v) is 7.95. The number of rotatable bonds is 5. The van der Waals surface area contributed by atoms with E-state index in [1.165, 1.54) is 4.31 Å². The Balaban J connectivity index is 2.05. The second kappa shape index (κ2) is 5.56. The zero-order chi connectivity index (χ0) is 14.0. The fourth-order valence-corrected chi connectivity index (χ4v) is 3.37. The number of nitrogens with one attached hydrogen (secondary N) is 1. The quantitative estimate of drug-likeness (QED) is 0.879. The van der Waals surface area contributed by atoms with E-state index < -0.39 is 16.3 Å². The van der Waals surface area contributed by atoms with E-state index in [4.69, 9.17) is 4.52 Å². The Hall–Kier alpha value is -0.990. The smallest absolute Gasteiger partial charge is 0.280 e. The lowest BCUT2D eigenvalue weighted by Crippen LogP contribution is -2.40. The standard InChI is InChI=1S/C11H20N4O3S/c1-8(2)10-12-11(18-13-10)9(3)14-19(16,17)15-6-4-5-7-15/h8-9,14H,4-7H2,1-3H3/t9-/m0/s1. The summed E-state index contributed by atoms with van der Waals surface area (Å²) >= 11 is 0. The highest BCUT2D eigenvalue weighted by atomic mass is 32.2. The third-order valence-electron chi connectivity index (χ3n) is 3.07. The molecule has 8 heteroatoms. The molecule has 1 aromatic rings. The summed E-state index contributed by atoms with van der Waals surface area (Å²) in [6, 6.07) is -0.523. The molecule has 1 saturated heterocycles. The summed E-state index contributed by atoms with van der Waals surface area (Å²) in [5.74, 6) is 1.04. The van der Waals surface area contributed by atoms with Crippen molar-refractivity contribution >= 4 is 10.2 Å². The Morgan fingerprint density at radius 2 is 1.89 bits per heavy atom. The van der Waals surface area contributed by atoms with Gasteiger partial charge in [0.1, 0.15) is 0 Å². The second-order valence-electron chi connectivity index (χ2n) is 5.10. The monoisotopic (exact) mass is 288 g/mol. The Morgan fingerprint density at radius 3 is 2.42 bits per heavy atom. The zero-order valence-corrected chi connectivity index (χ0v) is 12.3. The molecule has 0 bridgehead atoms. The van der Waals surface area contributed by atoms with Gasteiger partial charge in [-0.2, -0.15) is 22.4 Å². The summed E-state index contributed by atoms with van der Waals surface area (Å²) in [5, 5.41) is 3.83. The van der Waals surface area contributed by atoms with E-state index in [0.717, 1.165) is 12.8 Å². The molecule has 1 aromatic heterocycles. The van der Waals surface area contributed by atoms with Gasteiger partial charge in [-0.15, -0.1) is 0 Å². The molecular formula is C11H20N4O3S. The van der Waals surface area contributed by atoms with Crippen LogP contribution >= 0.6 is 0 Å². The van der Waals surface area contributed by atoms with Crippen LogP contribution in [0.2, 0.25) is 0 Å². The van der Waals surface area contributed by atoms with Crippen molar-refractivity contribution in [2.24, 2.45) is 0 Å².